The Morgan fingerprint density at radius 2 is 1.64 bits per heavy atom. The molecular weight excluding hydrogens is 597 g/mol. The summed E-state index contributed by atoms with van der Waals surface area (Å²) >= 11 is 0. The Morgan fingerprint density at radius 1 is 0.915 bits per heavy atom. The van der Waals surface area contributed by atoms with Gasteiger partial charge in [-0.3, -0.25) is 19.7 Å². The lowest BCUT2D eigenvalue weighted by Gasteiger charge is -2.42. The number of likely N-dealkylation sites (N-methyl/N-ethyl adjacent to an activating group) is 1. The lowest BCUT2D eigenvalue weighted by atomic mass is 9.93. The Bertz CT molecular complexity index is 1760. The van der Waals surface area contributed by atoms with E-state index in [1.807, 2.05) is 13.0 Å². The van der Waals surface area contributed by atoms with E-state index in [1.54, 1.807) is 24.9 Å². The normalized spacial score (nSPS) is 21.9. The van der Waals surface area contributed by atoms with E-state index in [1.165, 1.54) is 6.07 Å². The van der Waals surface area contributed by atoms with Crippen LogP contribution in [-0.2, 0) is 7.05 Å². The summed E-state index contributed by atoms with van der Waals surface area (Å²) in [7, 11) is 3.99. The van der Waals surface area contributed by atoms with Crippen LogP contribution in [0.5, 0.6) is 0 Å². The largest absolute Gasteiger partial charge is 0.393 e. The number of hydrogen-bond acceptors (Lipinski definition) is 8. The molecule has 5 heterocycles. The molecule has 2 saturated heterocycles. The van der Waals surface area contributed by atoms with Gasteiger partial charge < -0.3 is 19.5 Å². The van der Waals surface area contributed by atoms with Gasteiger partial charge in [0.25, 0.3) is 5.91 Å². The number of hydrogen-bond donors (Lipinski definition) is 2. The molecule has 47 heavy (non-hydrogen) atoms. The maximum Gasteiger partial charge on any atom is 0.261 e. The number of piperazine rings is 1. The number of piperidine rings is 1. The number of aliphatic hydroxyl groups excluding tert-OH is 1. The number of pyridine rings is 1. The van der Waals surface area contributed by atoms with Gasteiger partial charge in [-0.15, -0.1) is 0 Å². The average molecular weight is 644 g/mol. The molecular formula is C35H46FN9O2. The Morgan fingerprint density at radius 3 is 2.32 bits per heavy atom. The molecule has 4 aromatic rings. The predicted molar refractivity (Wildman–Crippen MR) is 181 cm³/mol. The number of aromatic nitrogens is 5. The Labute approximate surface area is 275 Å². The summed E-state index contributed by atoms with van der Waals surface area (Å²) in [6.07, 6.45) is 6.43. The third-order valence-corrected chi connectivity index (χ3v) is 10.6. The molecule has 2 aliphatic heterocycles. The van der Waals surface area contributed by atoms with Crippen LogP contribution in [0.2, 0.25) is 0 Å². The fourth-order valence-electron chi connectivity index (χ4n) is 7.63. The number of aliphatic hydroxyl groups is 1. The second kappa shape index (κ2) is 13.0. The molecule has 7 rings (SSSR count). The van der Waals surface area contributed by atoms with Gasteiger partial charge in [-0.25, -0.2) is 14.4 Å². The minimum atomic E-state index is -0.685. The van der Waals surface area contributed by atoms with Crippen LogP contribution in [0.3, 0.4) is 0 Å². The number of aryl methyl sites for hydroxylation is 2. The highest BCUT2D eigenvalue weighted by Crippen LogP contribution is 2.37. The molecule has 250 valence electrons. The quantitative estimate of drug-likeness (QED) is 0.316. The summed E-state index contributed by atoms with van der Waals surface area (Å²) in [5.74, 6) is -0.866. The minimum absolute atomic E-state index is 0.0505. The van der Waals surface area contributed by atoms with Crippen LogP contribution >= 0.6 is 0 Å². The molecule has 12 heteroatoms. The van der Waals surface area contributed by atoms with E-state index < -0.39 is 11.7 Å². The standard InChI is InChI=1S/C35H46FN9O2/c1-22-19-28(32(36)33(38-22)29-21-37-42(4)23(29)2)34(47)40-35-39-30-10-7-26(20-31(30)45(35)25-5-8-27(46)9-6-25)43-13-11-24(12-14-43)44-17-15-41(3)16-18-44/h7,10,19-21,24-25,27,46H,5-6,8-9,11-18H2,1-4H3,(H,39,40,47). The molecule has 0 bridgehead atoms. The lowest BCUT2D eigenvalue weighted by Crippen LogP contribution is -2.52. The van der Waals surface area contributed by atoms with E-state index >= 15 is 4.39 Å². The van der Waals surface area contributed by atoms with E-state index in [9.17, 15) is 9.90 Å². The summed E-state index contributed by atoms with van der Waals surface area (Å²) in [6.45, 7) is 10.1. The molecule has 3 aromatic heterocycles. The van der Waals surface area contributed by atoms with Crippen molar-refractivity contribution in [2.75, 3.05) is 56.5 Å². The fraction of sp³-hybridized carbons (Fsp3) is 0.543. The average Bonchev–Trinajstić information content (AvgIpc) is 3.60. The Kier molecular flexibility index (Phi) is 8.75. The van der Waals surface area contributed by atoms with Crippen molar-refractivity contribution < 1.29 is 14.3 Å². The van der Waals surface area contributed by atoms with Crippen LogP contribution in [0, 0.1) is 19.7 Å². The third kappa shape index (κ3) is 6.26. The molecule has 2 N–H and O–H groups in total. The zero-order valence-corrected chi connectivity index (χ0v) is 27.9. The van der Waals surface area contributed by atoms with Gasteiger partial charge in [-0.1, -0.05) is 0 Å². The molecule has 0 spiro atoms. The maximum absolute atomic E-state index is 16.0. The fourth-order valence-corrected chi connectivity index (χ4v) is 7.63. The van der Waals surface area contributed by atoms with Gasteiger partial charge in [-0.2, -0.15) is 5.10 Å². The monoisotopic (exact) mass is 643 g/mol. The van der Waals surface area contributed by atoms with Crippen LogP contribution in [0.1, 0.15) is 66.3 Å². The van der Waals surface area contributed by atoms with Gasteiger partial charge in [0.2, 0.25) is 5.95 Å². The maximum atomic E-state index is 16.0. The number of halogens is 1. The molecule has 0 atom stereocenters. The van der Waals surface area contributed by atoms with Gasteiger partial charge in [0, 0.05) is 81.0 Å². The number of benzene rings is 1. The van der Waals surface area contributed by atoms with Crippen LogP contribution in [0.15, 0.2) is 30.5 Å². The van der Waals surface area contributed by atoms with Crippen LogP contribution in [0.4, 0.5) is 16.0 Å². The highest BCUT2D eigenvalue weighted by Gasteiger charge is 2.30. The van der Waals surface area contributed by atoms with Gasteiger partial charge >= 0.3 is 0 Å². The van der Waals surface area contributed by atoms with Crippen molar-refractivity contribution in [3.05, 3.63) is 53.2 Å². The topological polar surface area (TPSA) is 108 Å². The minimum Gasteiger partial charge on any atom is -0.393 e. The van der Waals surface area contributed by atoms with Crippen molar-refractivity contribution in [3.63, 3.8) is 0 Å². The van der Waals surface area contributed by atoms with Crippen molar-refractivity contribution in [2.45, 2.75) is 70.6 Å². The van der Waals surface area contributed by atoms with E-state index in [-0.39, 0.29) is 23.4 Å². The molecule has 1 aliphatic carbocycles. The summed E-state index contributed by atoms with van der Waals surface area (Å²) in [5, 5.41) is 17.5. The molecule has 1 aromatic carbocycles. The number of nitrogens with one attached hydrogen (secondary N) is 1. The summed E-state index contributed by atoms with van der Waals surface area (Å²) < 4.78 is 19.7. The first kappa shape index (κ1) is 31.7. The number of rotatable bonds is 6. The van der Waals surface area contributed by atoms with Crippen molar-refractivity contribution in [1.82, 2.24) is 34.1 Å². The lowest BCUT2D eigenvalue weighted by molar-refractivity contribution is 0.0982. The smallest absolute Gasteiger partial charge is 0.261 e. The van der Waals surface area contributed by atoms with Gasteiger partial charge in [0.1, 0.15) is 5.69 Å². The molecule has 1 saturated carbocycles. The number of fused-ring (bicyclic) bond motifs is 1. The third-order valence-electron chi connectivity index (χ3n) is 10.6. The van der Waals surface area contributed by atoms with Gasteiger partial charge in [0.15, 0.2) is 5.82 Å². The van der Waals surface area contributed by atoms with Crippen molar-refractivity contribution in [1.29, 1.82) is 0 Å². The molecule has 3 aliphatic rings. The van der Waals surface area contributed by atoms with Gasteiger partial charge in [-0.05, 0) is 83.7 Å². The van der Waals surface area contributed by atoms with E-state index in [0.29, 0.717) is 36.1 Å². The zero-order chi connectivity index (χ0) is 32.8. The second-order valence-electron chi connectivity index (χ2n) is 13.7. The van der Waals surface area contributed by atoms with Crippen LogP contribution in [-0.4, -0.2) is 104 Å². The predicted octanol–water partition coefficient (Wildman–Crippen LogP) is 4.53. The van der Waals surface area contributed by atoms with E-state index in [0.717, 1.165) is 87.4 Å². The Hall–Kier alpha value is -3.87. The second-order valence-corrected chi connectivity index (χ2v) is 13.7. The zero-order valence-electron chi connectivity index (χ0n) is 27.9. The van der Waals surface area contributed by atoms with Crippen LogP contribution < -0.4 is 10.2 Å². The number of nitrogens with zero attached hydrogens (tertiary/aromatic N) is 8. The number of anilines is 2. The molecule has 0 radical (unpaired) electrons. The van der Waals surface area contributed by atoms with Crippen molar-refractivity contribution in [3.8, 4) is 11.3 Å². The number of carbonyl (C=O) groups excluding carboxylic acids is 1. The van der Waals surface area contributed by atoms with Crippen molar-refractivity contribution in [2.24, 2.45) is 7.05 Å². The molecule has 0 unspecified atom stereocenters. The molecule has 1 amide bonds. The van der Waals surface area contributed by atoms with Crippen LogP contribution in [0.25, 0.3) is 22.3 Å². The van der Waals surface area contributed by atoms with E-state index in [2.05, 4.69) is 53.8 Å². The Balaban J connectivity index is 1.18. The van der Waals surface area contributed by atoms with Crippen molar-refractivity contribution >= 4 is 28.6 Å². The van der Waals surface area contributed by atoms with E-state index in [4.69, 9.17) is 4.98 Å². The number of carbonyl (C=O) groups is 1. The summed E-state index contributed by atoms with van der Waals surface area (Å²) in [6, 6.07) is 8.51. The number of imidazole rings is 1. The number of amides is 1. The summed E-state index contributed by atoms with van der Waals surface area (Å²) in [4.78, 5) is 30.6. The first-order valence-electron chi connectivity index (χ1n) is 17.0. The highest BCUT2D eigenvalue weighted by molar-refractivity contribution is 6.05. The van der Waals surface area contributed by atoms with Gasteiger partial charge in [0.05, 0.1) is 28.9 Å². The molecule has 11 nitrogen and oxygen atoms in total. The SMILES string of the molecule is Cc1cc(C(=O)Nc2nc3ccc(N4CCC(N5CCN(C)CC5)CC4)cc3n2C2CCC(O)CC2)c(F)c(-c2cnn(C)c2C)n1. The first-order chi connectivity index (χ1) is 22.7. The summed E-state index contributed by atoms with van der Waals surface area (Å²) in [5.41, 5.74) is 4.74. The first-order valence-corrected chi connectivity index (χ1v) is 17.0. The molecule has 3 fully saturated rings. The highest BCUT2D eigenvalue weighted by atomic mass is 19.1.